The van der Waals surface area contributed by atoms with Gasteiger partial charge in [-0.25, -0.2) is 4.98 Å². The van der Waals surface area contributed by atoms with Crippen molar-refractivity contribution in [2.24, 2.45) is 0 Å². The number of alkyl halides is 3. The maximum Gasteiger partial charge on any atom is 0.573 e. The second-order valence-corrected chi connectivity index (χ2v) is 2.57. The van der Waals surface area contributed by atoms with Gasteiger partial charge in [0.15, 0.2) is 12.0 Å². The van der Waals surface area contributed by atoms with Crippen molar-refractivity contribution in [2.45, 2.75) is 6.36 Å². The lowest BCUT2D eigenvalue weighted by Crippen LogP contribution is -2.18. The SMILES string of the molecule is COc1ncc(C=O)c(OC(F)(F)F)c1O. The van der Waals surface area contributed by atoms with Crippen LogP contribution in [0.5, 0.6) is 17.4 Å². The predicted molar refractivity (Wildman–Crippen MR) is 44.5 cm³/mol. The highest BCUT2D eigenvalue weighted by Crippen LogP contribution is 2.39. The number of halogens is 3. The summed E-state index contributed by atoms with van der Waals surface area (Å²) < 4.78 is 43.9. The van der Waals surface area contributed by atoms with Crippen LogP contribution in [-0.4, -0.2) is 29.8 Å². The van der Waals surface area contributed by atoms with Crippen molar-refractivity contribution >= 4 is 6.29 Å². The Kier molecular flexibility index (Phi) is 3.21. The maximum atomic E-state index is 12.0. The summed E-state index contributed by atoms with van der Waals surface area (Å²) in [7, 11) is 1.10. The van der Waals surface area contributed by atoms with Gasteiger partial charge >= 0.3 is 6.36 Å². The quantitative estimate of drug-likeness (QED) is 0.807. The molecular weight excluding hydrogens is 231 g/mol. The van der Waals surface area contributed by atoms with Gasteiger partial charge in [0, 0.05) is 6.20 Å². The molecule has 0 saturated heterocycles. The minimum absolute atomic E-state index is 0.0766. The van der Waals surface area contributed by atoms with Crippen molar-refractivity contribution in [1.29, 1.82) is 0 Å². The van der Waals surface area contributed by atoms with Gasteiger partial charge in [-0.3, -0.25) is 4.79 Å². The van der Waals surface area contributed by atoms with Gasteiger partial charge in [-0.15, -0.1) is 13.2 Å². The lowest BCUT2D eigenvalue weighted by molar-refractivity contribution is -0.275. The predicted octanol–water partition coefficient (Wildman–Crippen LogP) is 1.51. The molecule has 0 aliphatic heterocycles. The van der Waals surface area contributed by atoms with E-state index in [9.17, 15) is 23.1 Å². The normalized spacial score (nSPS) is 11.0. The molecule has 1 aromatic rings. The smallest absolute Gasteiger partial charge is 0.501 e. The summed E-state index contributed by atoms with van der Waals surface area (Å²) in [6.45, 7) is 0. The van der Waals surface area contributed by atoms with Gasteiger partial charge in [-0.2, -0.15) is 0 Å². The average molecular weight is 237 g/mol. The lowest BCUT2D eigenvalue weighted by Gasteiger charge is -2.13. The Hall–Kier alpha value is -1.99. The summed E-state index contributed by atoms with van der Waals surface area (Å²) in [4.78, 5) is 13.8. The van der Waals surface area contributed by atoms with Crippen molar-refractivity contribution in [3.05, 3.63) is 11.8 Å². The fraction of sp³-hybridized carbons (Fsp3) is 0.250. The van der Waals surface area contributed by atoms with Crippen LogP contribution in [0, 0.1) is 0 Å². The molecule has 0 aliphatic carbocycles. The molecule has 0 aromatic carbocycles. The number of rotatable bonds is 3. The molecule has 1 rings (SSSR count). The minimum Gasteiger partial charge on any atom is -0.501 e. The summed E-state index contributed by atoms with van der Waals surface area (Å²) in [6.07, 6.45) is -4.15. The van der Waals surface area contributed by atoms with Gasteiger partial charge in [-0.05, 0) is 0 Å². The standard InChI is InChI=1S/C8H6F3NO4/c1-15-7-5(14)6(16-8(9,10)11)4(3-13)2-12-7/h2-3,14H,1H3. The molecule has 88 valence electrons. The van der Waals surface area contributed by atoms with Gasteiger partial charge in [0.1, 0.15) is 0 Å². The topological polar surface area (TPSA) is 68.7 Å². The number of aromatic hydroxyl groups is 1. The molecule has 0 atom stereocenters. The Bertz CT molecular complexity index is 405. The molecule has 1 heterocycles. The zero-order chi connectivity index (χ0) is 12.3. The number of hydrogen-bond donors (Lipinski definition) is 1. The van der Waals surface area contributed by atoms with Gasteiger partial charge in [0.2, 0.25) is 5.75 Å². The van der Waals surface area contributed by atoms with E-state index >= 15 is 0 Å². The molecule has 0 saturated carbocycles. The Morgan fingerprint density at radius 2 is 2.12 bits per heavy atom. The first-order valence-electron chi connectivity index (χ1n) is 3.86. The van der Waals surface area contributed by atoms with E-state index in [1.807, 2.05) is 0 Å². The van der Waals surface area contributed by atoms with Crippen LogP contribution in [0.2, 0.25) is 0 Å². The Labute approximate surface area is 87.4 Å². The molecule has 0 unspecified atom stereocenters. The molecule has 5 nitrogen and oxygen atoms in total. The van der Waals surface area contributed by atoms with Gasteiger partial charge in [0.25, 0.3) is 5.88 Å². The molecule has 16 heavy (non-hydrogen) atoms. The zero-order valence-corrected chi connectivity index (χ0v) is 7.91. The van der Waals surface area contributed by atoms with Crippen molar-refractivity contribution in [2.75, 3.05) is 7.11 Å². The van der Waals surface area contributed by atoms with Gasteiger partial charge < -0.3 is 14.6 Å². The fourth-order valence-electron chi connectivity index (χ4n) is 0.938. The monoisotopic (exact) mass is 237 g/mol. The third kappa shape index (κ3) is 2.53. The molecule has 8 heteroatoms. The van der Waals surface area contributed by atoms with E-state index in [0.717, 1.165) is 13.3 Å². The minimum atomic E-state index is -5.03. The van der Waals surface area contributed by atoms with Crippen LogP contribution in [0.15, 0.2) is 6.20 Å². The van der Waals surface area contributed by atoms with Crippen LogP contribution in [0.1, 0.15) is 10.4 Å². The molecule has 0 fully saturated rings. The zero-order valence-electron chi connectivity index (χ0n) is 7.91. The van der Waals surface area contributed by atoms with Crippen molar-refractivity contribution in [3.63, 3.8) is 0 Å². The van der Waals surface area contributed by atoms with Crippen LogP contribution in [0.4, 0.5) is 13.2 Å². The fourth-order valence-corrected chi connectivity index (χ4v) is 0.938. The second-order valence-electron chi connectivity index (χ2n) is 2.57. The summed E-state index contributed by atoms with van der Waals surface area (Å²) in [6, 6.07) is 0. The van der Waals surface area contributed by atoms with Crippen LogP contribution >= 0.6 is 0 Å². The van der Waals surface area contributed by atoms with Crippen molar-refractivity contribution in [1.82, 2.24) is 4.98 Å². The van der Waals surface area contributed by atoms with E-state index in [0.29, 0.717) is 0 Å². The number of carbonyl (C=O) groups is 1. The lowest BCUT2D eigenvalue weighted by atomic mass is 10.2. The van der Waals surface area contributed by atoms with Crippen molar-refractivity contribution < 1.29 is 32.5 Å². The number of methoxy groups -OCH3 is 1. The Morgan fingerprint density at radius 3 is 2.56 bits per heavy atom. The number of carbonyl (C=O) groups excluding carboxylic acids is 1. The number of aldehydes is 1. The van der Waals surface area contributed by atoms with E-state index < -0.39 is 29.3 Å². The molecule has 0 spiro atoms. The van der Waals surface area contributed by atoms with E-state index in [4.69, 9.17) is 0 Å². The number of aromatic nitrogens is 1. The summed E-state index contributed by atoms with van der Waals surface area (Å²) in [5, 5.41) is 9.29. The van der Waals surface area contributed by atoms with Gasteiger partial charge in [0.05, 0.1) is 12.7 Å². The van der Waals surface area contributed by atoms with Crippen LogP contribution in [-0.2, 0) is 0 Å². The third-order valence-corrected chi connectivity index (χ3v) is 1.54. The first-order valence-corrected chi connectivity index (χ1v) is 3.86. The Balaban J connectivity index is 3.26. The third-order valence-electron chi connectivity index (χ3n) is 1.54. The van der Waals surface area contributed by atoms with Crippen LogP contribution in [0.25, 0.3) is 0 Å². The molecule has 1 aromatic heterocycles. The molecule has 0 aliphatic rings. The number of ether oxygens (including phenoxy) is 2. The highest BCUT2D eigenvalue weighted by Gasteiger charge is 2.34. The van der Waals surface area contributed by atoms with Crippen molar-refractivity contribution in [3.8, 4) is 17.4 Å². The van der Waals surface area contributed by atoms with E-state index in [1.165, 1.54) is 0 Å². The van der Waals surface area contributed by atoms with Gasteiger partial charge in [-0.1, -0.05) is 0 Å². The average Bonchev–Trinajstić information content (AvgIpc) is 2.19. The number of hydrogen-bond acceptors (Lipinski definition) is 5. The van der Waals surface area contributed by atoms with E-state index in [2.05, 4.69) is 14.5 Å². The second kappa shape index (κ2) is 4.25. The first-order chi connectivity index (χ1) is 7.39. The summed E-state index contributed by atoms with van der Waals surface area (Å²) in [5.74, 6) is -2.48. The summed E-state index contributed by atoms with van der Waals surface area (Å²) >= 11 is 0. The summed E-state index contributed by atoms with van der Waals surface area (Å²) in [5.41, 5.74) is -0.532. The largest absolute Gasteiger partial charge is 0.573 e. The molecule has 0 bridgehead atoms. The highest BCUT2D eigenvalue weighted by atomic mass is 19.4. The highest BCUT2D eigenvalue weighted by molar-refractivity contribution is 5.81. The van der Waals surface area contributed by atoms with Crippen LogP contribution < -0.4 is 9.47 Å². The van der Waals surface area contributed by atoms with E-state index in [-0.39, 0.29) is 6.29 Å². The number of nitrogens with zero attached hydrogens (tertiary/aromatic N) is 1. The molecule has 1 N–H and O–H groups in total. The molecule has 0 amide bonds. The molecule has 0 radical (unpaired) electrons. The number of pyridine rings is 1. The van der Waals surface area contributed by atoms with Crippen LogP contribution in [0.3, 0.4) is 0 Å². The first kappa shape index (κ1) is 12.1. The van der Waals surface area contributed by atoms with E-state index in [1.54, 1.807) is 0 Å². The Morgan fingerprint density at radius 1 is 1.50 bits per heavy atom. The molecular formula is C8H6F3NO4. The maximum absolute atomic E-state index is 12.0.